The monoisotopic (exact) mass is 293 g/mol. The Morgan fingerprint density at radius 3 is 2.67 bits per heavy atom. The van der Waals surface area contributed by atoms with Crippen molar-refractivity contribution in [3.8, 4) is 0 Å². The van der Waals surface area contributed by atoms with Gasteiger partial charge in [0, 0.05) is 6.04 Å². The number of hydrogen-bond donors (Lipinski definition) is 1. The second-order valence-corrected chi connectivity index (χ2v) is 6.61. The largest absolute Gasteiger partial charge is 0.375 e. The van der Waals surface area contributed by atoms with Crippen LogP contribution in [0.25, 0.3) is 0 Å². The molecule has 2 nitrogen and oxygen atoms in total. The predicted molar refractivity (Wildman–Crippen MR) is 84.9 cm³/mol. The summed E-state index contributed by atoms with van der Waals surface area (Å²) in [5, 5.41) is 3.49. The minimum atomic E-state index is -0.0900. The molecule has 3 atom stereocenters. The van der Waals surface area contributed by atoms with Gasteiger partial charge in [-0.15, -0.1) is 0 Å². The molecule has 21 heavy (non-hydrogen) atoms. The number of hydrogen-bond acceptors (Lipinski definition) is 2. The topological polar surface area (TPSA) is 21.3 Å². The predicted octanol–water partition coefficient (Wildman–Crippen LogP) is 3.94. The van der Waals surface area contributed by atoms with Gasteiger partial charge in [0.25, 0.3) is 0 Å². The van der Waals surface area contributed by atoms with Gasteiger partial charge in [0.15, 0.2) is 0 Å². The van der Waals surface area contributed by atoms with Crippen molar-refractivity contribution in [1.82, 2.24) is 5.32 Å². The quantitative estimate of drug-likeness (QED) is 0.822. The van der Waals surface area contributed by atoms with E-state index in [-0.39, 0.29) is 5.82 Å². The van der Waals surface area contributed by atoms with Crippen molar-refractivity contribution in [2.75, 3.05) is 6.54 Å². The Labute approximate surface area is 128 Å². The zero-order valence-electron chi connectivity index (χ0n) is 13.4. The molecule has 1 aromatic carbocycles. The fourth-order valence-electron chi connectivity index (χ4n) is 3.05. The maximum atomic E-state index is 13.9. The minimum absolute atomic E-state index is 0.0900. The maximum Gasteiger partial charge on any atom is 0.126 e. The molecule has 118 valence electrons. The Bertz CT molecular complexity index is 435. The second-order valence-electron chi connectivity index (χ2n) is 6.61. The van der Waals surface area contributed by atoms with Crippen molar-refractivity contribution in [1.29, 1.82) is 0 Å². The number of benzene rings is 1. The highest BCUT2D eigenvalue weighted by molar-refractivity contribution is 5.18. The van der Waals surface area contributed by atoms with E-state index in [0.29, 0.717) is 24.2 Å². The lowest BCUT2D eigenvalue weighted by molar-refractivity contribution is 0.0405. The molecule has 1 aromatic rings. The van der Waals surface area contributed by atoms with Crippen LogP contribution in [0.2, 0.25) is 0 Å². The third-order valence-corrected chi connectivity index (χ3v) is 4.20. The number of rotatable bonds is 7. The lowest BCUT2D eigenvalue weighted by atomic mass is 9.92. The molecule has 3 unspecified atom stereocenters. The highest BCUT2D eigenvalue weighted by atomic mass is 19.1. The summed E-state index contributed by atoms with van der Waals surface area (Å²) in [7, 11) is 0. The Morgan fingerprint density at radius 1 is 1.29 bits per heavy atom. The van der Waals surface area contributed by atoms with Crippen LogP contribution in [0, 0.1) is 11.7 Å². The smallest absolute Gasteiger partial charge is 0.126 e. The van der Waals surface area contributed by atoms with Gasteiger partial charge in [0.2, 0.25) is 0 Å². The minimum Gasteiger partial charge on any atom is -0.375 e. The van der Waals surface area contributed by atoms with E-state index >= 15 is 0 Å². The Balaban J connectivity index is 1.96. The zero-order chi connectivity index (χ0) is 15.2. The van der Waals surface area contributed by atoms with Gasteiger partial charge in [-0.25, -0.2) is 4.39 Å². The standard InChI is InChI=1S/C18H28FNO/c1-13(2)20-12-15(11-17-9-8-14(3)21-17)10-16-6-4-5-7-18(16)19/h4-7,13-15,17,20H,8-12H2,1-3H3. The average molecular weight is 293 g/mol. The summed E-state index contributed by atoms with van der Waals surface area (Å²) in [5.74, 6) is 0.326. The Hall–Kier alpha value is -0.930. The molecule has 2 rings (SSSR count). The van der Waals surface area contributed by atoms with Crippen molar-refractivity contribution in [2.24, 2.45) is 5.92 Å². The first-order valence-corrected chi connectivity index (χ1v) is 8.17. The van der Waals surface area contributed by atoms with Crippen LogP contribution in [0.4, 0.5) is 4.39 Å². The molecule has 1 N–H and O–H groups in total. The highest BCUT2D eigenvalue weighted by Crippen LogP contribution is 2.26. The van der Waals surface area contributed by atoms with Crippen molar-refractivity contribution in [2.45, 2.75) is 64.7 Å². The molecule has 0 aromatic heterocycles. The van der Waals surface area contributed by atoms with Crippen molar-refractivity contribution in [3.63, 3.8) is 0 Å². The Morgan fingerprint density at radius 2 is 2.05 bits per heavy atom. The summed E-state index contributed by atoms with van der Waals surface area (Å²) in [5.41, 5.74) is 0.819. The first kappa shape index (κ1) is 16.4. The van der Waals surface area contributed by atoms with Gasteiger partial charge >= 0.3 is 0 Å². The molecule has 0 radical (unpaired) electrons. The first-order valence-electron chi connectivity index (χ1n) is 8.17. The van der Waals surface area contributed by atoms with Crippen LogP contribution in [0.15, 0.2) is 24.3 Å². The lowest BCUT2D eigenvalue weighted by Crippen LogP contribution is -2.32. The number of nitrogens with one attached hydrogen (secondary N) is 1. The van der Waals surface area contributed by atoms with E-state index in [2.05, 4.69) is 26.1 Å². The molecule has 1 aliphatic rings. The summed E-state index contributed by atoms with van der Waals surface area (Å²) in [6, 6.07) is 7.57. The zero-order valence-corrected chi connectivity index (χ0v) is 13.4. The molecule has 0 saturated carbocycles. The van der Waals surface area contributed by atoms with E-state index < -0.39 is 0 Å². The van der Waals surface area contributed by atoms with E-state index in [4.69, 9.17) is 4.74 Å². The van der Waals surface area contributed by atoms with Crippen LogP contribution < -0.4 is 5.32 Å². The van der Waals surface area contributed by atoms with Crippen LogP contribution in [-0.4, -0.2) is 24.8 Å². The molecule has 1 aliphatic heterocycles. The third-order valence-electron chi connectivity index (χ3n) is 4.20. The van der Waals surface area contributed by atoms with Crippen LogP contribution >= 0.6 is 0 Å². The van der Waals surface area contributed by atoms with Gasteiger partial charge < -0.3 is 10.1 Å². The molecule has 1 heterocycles. The SMILES string of the molecule is CC(C)NCC(Cc1ccccc1F)CC1CCC(C)O1. The summed E-state index contributed by atoms with van der Waals surface area (Å²) >= 11 is 0. The van der Waals surface area contributed by atoms with E-state index in [9.17, 15) is 4.39 Å². The summed E-state index contributed by atoms with van der Waals surface area (Å²) in [4.78, 5) is 0. The average Bonchev–Trinajstić information content (AvgIpc) is 2.84. The van der Waals surface area contributed by atoms with E-state index in [0.717, 1.165) is 37.8 Å². The van der Waals surface area contributed by atoms with Gasteiger partial charge in [0.05, 0.1) is 12.2 Å². The molecule has 0 aliphatic carbocycles. The van der Waals surface area contributed by atoms with Crippen molar-refractivity contribution >= 4 is 0 Å². The van der Waals surface area contributed by atoms with Gasteiger partial charge in [-0.3, -0.25) is 0 Å². The van der Waals surface area contributed by atoms with E-state index in [1.807, 2.05) is 12.1 Å². The van der Waals surface area contributed by atoms with E-state index in [1.54, 1.807) is 12.1 Å². The highest BCUT2D eigenvalue weighted by Gasteiger charge is 2.25. The molecular weight excluding hydrogens is 265 g/mol. The van der Waals surface area contributed by atoms with E-state index in [1.165, 1.54) is 0 Å². The Kier molecular flexibility index (Phi) is 6.19. The van der Waals surface area contributed by atoms with Crippen molar-refractivity contribution < 1.29 is 9.13 Å². The molecule has 0 bridgehead atoms. The maximum absolute atomic E-state index is 13.9. The normalized spacial score (nSPS) is 23.7. The molecule has 1 saturated heterocycles. The van der Waals surface area contributed by atoms with Gasteiger partial charge in [0.1, 0.15) is 5.82 Å². The summed E-state index contributed by atoms with van der Waals surface area (Å²) in [6.07, 6.45) is 4.79. The van der Waals surface area contributed by atoms with Gasteiger partial charge in [-0.05, 0) is 56.7 Å². The van der Waals surface area contributed by atoms with Gasteiger partial charge in [-0.2, -0.15) is 0 Å². The van der Waals surface area contributed by atoms with Gasteiger partial charge in [-0.1, -0.05) is 32.0 Å². The van der Waals surface area contributed by atoms with Crippen LogP contribution in [0.1, 0.15) is 45.6 Å². The summed E-state index contributed by atoms with van der Waals surface area (Å²) in [6.45, 7) is 7.35. The molecule has 3 heteroatoms. The number of halogens is 1. The molecular formula is C18H28FNO. The van der Waals surface area contributed by atoms with Crippen LogP contribution in [0.3, 0.4) is 0 Å². The van der Waals surface area contributed by atoms with Crippen LogP contribution in [-0.2, 0) is 11.2 Å². The van der Waals surface area contributed by atoms with Crippen LogP contribution in [0.5, 0.6) is 0 Å². The second kappa shape index (κ2) is 7.90. The lowest BCUT2D eigenvalue weighted by Gasteiger charge is -2.23. The molecule has 0 spiro atoms. The number of ether oxygens (including phenoxy) is 1. The fraction of sp³-hybridized carbons (Fsp3) is 0.667. The third kappa shape index (κ3) is 5.40. The fourth-order valence-corrected chi connectivity index (χ4v) is 3.05. The molecule has 1 fully saturated rings. The first-order chi connectivity index (χ1) is 10.0. The molecule has 0 amide bonds. The van der Waals surface area contributed by atoms with Crippen molar-refractivity contribution in [3.05, 3.63) is 35.6 Å². The summed E-state index contributed by atoms with van der Waals surface area (Å²) < 4.78 is 19.8.